The summed E-state index contributed by atoms with van der Waals surface area (Å²) in [7, 11) is 3.12. The molecule has 27 heavy (non-hydrogen) atoms. The summed E-state index contributed by atoms with van der Waals surface area (Å²) in [6.07, 6.45) is 0. The third-order valence-electron chi connectivity index (χ3n) is 4.62. The van der Waals surface area contributed by atoms with E-state index in [9.17, 15) is 9.18 Å². The molecule has 1 atom stereocenters. The van der Waals surface area contributed by atoms with Gasteiger partial charge in [0, 0.05) is 31.7 Å². The number of hydrogen-bond donors (Lipinski definition) is 2. The zero-order valence-electron chi connectivity index (χ0n) is 15.5. The lowest BCUT2D eigenvalue weighted by atomic mass is 10.0. The van der Waals surface area contributed by atoms with Crippen LogP contribution >= 0.6 is 0 Å². The minimum absolute atomic E-state index is 0.0574. The van der Waals surface area contributed by atoms with Crippen molar-refractivity contribution in [2.45, 2.75) is 6.04 Å². The summed E-state index contributed by atoms with van der Waals surface area (Å²) in [5.41, 5.74) is 1.44. The molecule has 1 heterocycles. The Morgan fingerprint density at radius 2 is 2.11 bits per heavy atom. The molecule has 1 saturated heterocycles. The number of carbonyl (C=O) groups excluding carboxylic acids is 1. The van der Waals surface area contributed by atoms with Crippen LogP contribution < -0.4 is 20.1 Å². The Labute approximate surface area is 158 Å². The highest BCUT2D eigenvalue weighted by Crippen LogP contribution is 2.29. The van der Waals surface area contributed by atoms with Gasteiger partial charge in [-0.25, -0.2) is 4.39 Å². The van der Waals surface area contributed by atoms with E-state index in [4.69, 9.17) is 9.47 Å². The van der Waals surface area contributed by atoms with E-state index in [0.29, 0.717) is 30.3 Å². The number of amides is 1. The van der Waals surface area contributed by atoms with Crippen molar-refractivity contribution in [3.05, 3.63) is 53.8 Å². The second-order valence-corrected chi connectivity index (χ2v) is 6.36. The number of hydrogen-bond acceptors (Lipinski definition) is 5. The van der Waals surface area contributed by atoms with Gasteiger partial charge in [0.2, 0.25) is 5.91 Å². The highest BCUT2D eigenvalue weighted by Gasteiger charge is 2.26. The fourth-order valence-corrected chi connectivity index (χ4v) is 3.25. The number of nitrogens with one attached hydrogen (secondary N) is 2. The van der Waals surface area contributed by atoms with Gasteiger partial charge in [-0.3, -0.25) is 9.69 Å². The van der Waals surface area contributed by atoms with Crippen LogP contribution in [0.25, 0.3) is 0 Å². The van der Waals surface area contributed by atoms with Crippen LogP contribution in [0.2, 0.25) is 0 Å². The van der Waals surface area contributed by atoms with Crippen LogP contribution in [0.15, 0.2) is 42.5 Å². The zero-order chi connectivity index (χ0) is 19.2. The molecule has 0 radical (unpaired) electrons. The number of ether oxygens (including phenoxy) is 2. The van der Waals surface area contributed by atoms with E-state index in [-0.39, 0.29) is 24.3 Å². The van der Waals surface area contributed by atoms with Crippen molar-refractivity contribution in [1.82, 2.24) is 10.2 Å². The van der Waals surface area contributed by atoms with E-state index in [1.54, 1.807) is 38.5 Å². The number of carbonyl (C=O) groups is 1. The predicted octanol–water partition coefficient (Wildman–Crippen LogP) is 2.43. The van der Waals surface area contributed by atoms with Crippen LogP contribution in [0.5, 0.6) is 11.5 Å². The fourth-order valence-electron chi connectivity index (χ4n) is 3.25. The average Bonchev–Trinajstić information content (AvgIpc) is 2.68. The molecule has 0 spiro atoms. The summed E-state index contributed by atoms with van der Waals surface area (Å²) >= 11 is 0. The SMILES string of the molecule is COc1ccc(NC(=O)CN2CCNCC2c2cccc(F)c2)c(OC)c1. The van der Waals surface area contributed by atoms with Crippen molar-refractivity contribution in [3.8, 4) is 11.5 Å². The van der Waals surface area contributed by atoms with Gasteiger partial charge < -0.3 is 20.1 Å². The third-order valence-corrected chi connectivity index (χ3v) is 4.62. The first-order chi connectivity index (χ1) is 13.1. The maximum absolute atomic E-state index is 13.6. The molecule has 2 aromatic rings. The molecular formula is C20H24FN3O3. The number of piperazine rings is 1. The minimum Gasteiger partial charge on any atom is -0.497 e. The molecule has 1 amide bonds. The highest BCUT2D eigenvalue weighted by molar-refractivity contribution is 5.93. The van der Waals surface area contributed by atoms with E-state index < -0.39 is 0 Å². The highest BCUT2D eigenvalue weighted by atomic mass is 19.1. The summed E-state index contributed by atoms with van der Waals surface area (Å²) in [5, 5.41) is 6.19. The third kappa shape index (κ3) is 4.75. The number of halogens is 1. The fraction of sp³-hybridized carbons (Fsp3) is 0.350. The van der Waals surface area contributed by atoms with Crippen molar-refractivity contribution >= 4 is 11.6 Å². The number of nitrogens with zero attached hydrogens (tertiary/aromatic N) is 1. The van der Waals surface area contributed by atoms with Gasteiger partial charge >= 0.3 is 0 Å². The summed E-state index contributed by atoms with van der Waals surface area (Å²) in [6.45, 7) is 2.36. The Bertz CT molecular complexity index is 800. The van der Waals surface area contributed by atoms with Crippen molar-refractivity contribution in [2.24, 2.45) is 0 Å². The van der Waals surface area contributed by atoms with E-state index in [1.165, 1.54) is 12.1 Å². The van der Waals surface area contributed by atoms with Gasteiger partial charge in [0.1, 0.15) is 17.3 Å². The van der Waals surface area contributed by atoms with Crippen molar-refractivity contribution < 1.29 is 18.7 Å². The Morgan fingerprint density at radius 3 is 2.85 bits per heavy atom. The van der Waals surface area contributed by atoms with Gasteiger partial charge in [0.05, 0.1) is 26.5 Å². The molecule has 1 aliphatic rings. The van der Waals surface area contributed by atoms with E-state index in [1.807, 2.05) is 6.07 Å². The van der Waals surface area contributed by atoms with Gasteiger partial charge in [-0.1, -0.05) is 12.1 Å². The second-order valence-electron chi connectivity index (χ2n) is 6.36. The quantitative estimate of drug-likeness (QED) is 0.814. The number of rotatable bonds is 6. The Morgan fingerprint density at radius 1 is 1.26 bits per heavy atom. The first kappa shape index (κ1) is 19.1. The molecule has 2 aromatic carbocycles. The van der Waals surface area contributed by atoms with E-state index >= 15 is 0 Å². The van der Waals surface area contributed by atoms with Crippen LogP contribution in [-0.4, -0.2) is 51.2 Å². The van der Waals surface area contributed by atoms with Gasteiger partial charge in [0.15, 0.2) is 0 Å². The van der Waals surface area contributed by atoms with Gasteiger partial charge in [-0.15, -0.1) is 0 Å². The maximum Gasteiger partial charge on any atom is 0.238 e. The molecule has 0 aromatic heterocycles. The first-order valence-electron chi connectivity index (χ1n) is 8.83. The molecule has 0 aliphatic carbocycles. The van der Waals surface area contributed by atoms with Gasteiger partial charge in [0.25, 0.3) is 0 Å². The molecule has 1 fully saturated rings. The molecule has 3 rings (SSSR count). The molecule has 1 aliphatic heterocycles. The normalized spacial score (nSPS) is 17.4. The minimum atomic E-state index is -0.273. The van der Waals surface area contributed by atoms with Crippen molar-refractivity contribution in [3.63, 3.8) is 0 Å². The second kappa shape index (κ2) is 8.83. The lowest BCUT2D eigenvalue weighted by Gasteiger charge is -2.36. The van der Waals surface area contributed by atoms with Crippen LogP contribution in [0.1, 0.15) is 11.6 Å². The summed E-state index contributed by atoms with van der Waals surface area (Å²) in [4.78, 5) is 14.7. The van der Waals surface area contributed by atoms with Crippen LogP contribution in [0, 0.1) is 5.82 Å². The molecule has 7 heteroatoms. The zero-order valence-corrected chi connectivity index (χ0v) is 15.5. The van der Waals surface area contributed by atoms with Gasteiger partial charge in [-0.05, 0) is 29.8 Å². The number of anilines is 1. The summed E-state index contributed by atoms with van der Waals surface area (Å²) < 4.78 is 24.1. The molecule has 1 unspecified atom stereocenters. The average molecular weight is 373 g/mol. The monoisotopic (exact) mass is 373 g/mol. The van der Waals surface area contributed by atoms with Crippen LogP contribution in [0.3, 0.4) is 0 Å². The molecule has 6 nitrogen and oxygen atoms in total. The predicted molar refractivity (Wildman–Crippen MR) is 102 cm³/mol. The van der Waals surface area contributed by atoms with Crippen LogP contribution in [0.4, 0.5) is 10.1 Å². The lowest BCUT2D eigenvalue weighted by molar-refractivity contribution is -0.118. The van der Waals surface area contributed by atoms with Gasteiger partial charge in [-0.2, -0.15) is 0 Å². The Kier molecular flexibility index (Phi) is 6.26. The molecule has 144 valence electrons. The van der Waals surface area contributed by atoms with Crippen LogP contribution in [-0.2, 0) is 4.79 Å². The molecule has 0 bridgehead atoms. The molecule has 2 N–H and O–H groups in total. The first-order valence-corrected chi connectivity index (χ1v) is 8.83. The topological polar surface area (TPSA) is 62.8 Å². The van der Waals surface area contributed by atoms with Crippen molar-refractivity contribution in [2.75, 3.05) is 45.7 Å². The maximum atomic E-state index is 13.6. The summed E-state index contributed by atoms with van der Waals surface area (Å²) in [6, 6.07) is 11.7. The molecule has 0 saturated carbocycles. The van der Waals surface area contributed by atoms with E-state index in [2.05, 4.69) is 15.5 Å². The summed E-state index contributed by atoms with van der Waals surface area (Å²) in [5.74, 6) is 0.759. The van der Waals surface area contributed by atoms with E-state index in [0.717, 1.165) is 12.1 Å². The number of methoxy groups -OCH3 is 2. The lowest BCUT2D eigenvalue weighted by Crippen LogP contribution is -2.48. The Balaban J connectivity index is 1.70. The standard InChI is InChI=1S/C20H24FN3O3/c1-26-16-6-7-17(19(11-16)27-2)23-20(25)13-24-9-8-22-12-18(24)14-4-3-5-15(21)10-14/h3-7,10-11,18,22H,8-9,12-13H2,1-2H3,(H,23,25). The largest absolute Gasteiger partial charge is 0.497 e. The number of benzene rings is 2. The molecular weight excluding hydrogens is 349 g/mol. The van der Waals surface area contributed by atoms with Crippen molar-refractivity contribution in [1.29, 1.82) is 0 Å². The smallest absolute Gasteiger partial charge is 0.238 e. The Hall–Kier alpha value is -2.64.